The minimum absolute atomic E-state index is 0.0111. The lowest BCUT2D eigenvalue weighted by molar-refractivity contribution is -0.217. The molecule has 0 aliphatic heterocycles. The van der Waals surface area contributed by atoms with Crippen LogP contribution in [0.15, 0.2) is 11.9 Å². The Bertz CT molecular complexity index is 226. The zero-order chi connectivity index (χ0) is 11.2. The van der Waals surface area contributed by atoms with Gasteiger partial charge >= 0.3 is 12.1 Å². The molecule has 0 amide bonds. The van der Waals surface area contributed by atoms with E-state index in [0.29, 0.717) is 0 Å². The van der Waals surface area contributed by atoms with Crippen LogP contribution in [0.2, 0.25) is 0 Å². The molecule has 0 saturated carbocycles. The first kappa shape index (κ1) is 13.0. The summed E-state index contributed by atoms with van der Waals surface area (Å²) >= 11 is 0. The number of carbonyl (C=O) groups is 1. The Kier molecular flexibility index (Phi) is 5.22. The normalized spacial score (nSPS) is 12.8. The van der Waals surface area contributed by atoms with Crippen molar-refractivity contribution in [2.45, 2.75) is 20.0 Å². The van der Waals surface area contributed by atoms with Crippen molar-refractivity contribution in [3.8, 4) is 0 Å². The van der Waals surface area contributed by atoms with E-state index in [4.69, 9.17) is 0 Å². The molecule has 0 rings (SSSR count). The maximum absolute atomic E-state index is 12.6. The standard InChI is InChI=1S/C8H11F3O3/c1-3-13-7(12)5-6(9)8(10,11)14-4-2/h5H,3-4H2,1-2H3. The third-order valence-electron chi connectivity index (χ3n) is 1.13. The molecule has 0 aromatic rings. The van der Waals surface area contributed by atoms with E-state index in [1.165, 1.54) is 13.8 Å². The van der Waals surface area contributed by atoms with E-state index in [1.807, 2.05) is 0 Å². The Morgan fingerprint density at radius 2 is 1.93 bits per heavy atom. The summed E-state index contributed by atoms with van der Waals surface area (Å²) in [6, 6.07) is 0. The van der Waals surface area contributed by atoms with Crippen LogP contribution in [0.3, 0.4) is 0 Å². The fraction of sp³-hybridized carbons (Fsp3) is 0.625. The van der Waals surface area contributed by atoms with Gasteiger partial charge < -0.3 is 9.47 Å². The van der Waals surface area contributed by atoms with Crippen LogP contribution in [-0.2, 0) is 14.3 Å². The fourth-order valence-electron chi connectivity index (χ4n) is 0.622. The van der Waals surface area contributed by atoms with Crippen molar-refractivity contribution in [3.63, 3.8) is 0 Å². The average Bonchev–Trinajstić information content (AvgIpc) is 2.04. The second-order valence-electron chi connectivity index (χ2n) is 2.19. The Labute approximate surface area is 79.5 Å². The number of rotatable bonds is 5. The van der Waals surface area contributed by atoms with Gasteiger partial charge in [0.1, 0.15) is 0 Å². The molecule has 82 valence electrons. The lowest BCUT2D eigenvalue weighted by Crippen LogP contribution is -2.22. The van der Waals surface area contributed by atoms with Crippen LogP contribution >= 0.6 is 0 Å². The average molecular weight is 212 g/mol. The number of halogens is 3. The largest absolute Gasteiger partial charge is 0.463 e. The first-order valence-electron chi connectivity index (χ1n) is 4.00. The summed E-state index contributed by atoms with van der Waals surface area (Å²) in [4.78, 5) is 10.6. The van der Waals surface area contributed by atoms with Gasteiger partial charge in [0, 0.05) is 0 Å². The fourth-order valence-corrected chi connectivity index (χ4v) is 0.622. The zero-order valence-corrected chi connectivity index (χ0v) is 7.85. The summed E-state index contributed by atoms with van der Waals surface area (Å²) in [5.41, 5.74) is 0. The topological polar surface area (TPSA) is 35.5 Å². The first-order chi connectivity index (χ1) is 6.44. The van der Waals surface area contributed by atoms with Crippen molar-refractivity contribution < 1.29 is 27.4 Å². The number of esters is 1. The number of alkyl halides is 2. The van der Waals surface area contributed by atoms with E-state index >= 15 is 0 Å². The van der Waals surface area contributed by atoms with Gasteiger partial charge in [-0.2, -0.15) is 8.78 Å². The van der Waals surface area contributed by atoms with Gasteiger partial charge in [-0.05, 0) is 13.8 Å². The highest BCUT2D eigenvalue weighted by Gasteiger charge is 2.36. The summed E-state index contributed by atoms with van der Waals surface area (Å²) in [5.74, 6) is -3.12. The zero-order valence-electron chi connectivity index (χ0n) is 7.85. The second kappa shape index (κ2) is 5.64. The smallest absolute Gasteiger partial charge is 0.409 e. The number of hydrogen-bond acceptors (Lipinski definition) is 3. The lowest BCUT2D eigenvalue weighted by Gasteiger charge is -2.12. The summed E-state index contributed by atoms with van der Waals surface area (Å²) < 4.78 is 45.7. The van der Waals surface area contributed by atoms with Crippen LogP contribution in [0, 0.1) is 0 Å². The van der Waals surface area contributed by atoms with Crippen molar-refractivity contribution in [2.24, 2.45) is 0 Å². The van der Waals surface area contributed by atoms with Gasteiger partial charge in [-0.25, -0.2) is 9.18 Å². The Morgan fingerprint density at radius 3 is 2.36 bits per heavy atom. The van der Waals surface area contributed by atoms with Gasteiger partial charge in [0.2, 0.25) is 5.83 Å². The quantitative estimate of drug-likeness (QED) is 0.516. The van der Waals surface area contributed by atoms with E-state index in [-0.39, 0.29) is 19.3 Å². The van der Waals surface area contributed by atoms with E-state index in [9.17, 15) is 18.0 Å². The number of hydrogen-bond donors (Lipinski definition) is 0. The number of carbonyl (C=O) groups excluding carboxylic acids is 1. The molecular weight excluding hydrogens is 201 g/mol. The molecule has 0 aromatic heterocycles. The minimum Gasteiger partial charge on any atom is -0.463 e. The van der Waals surface area contributed by atoms with Crippen molar-refractivity contribution in [2.75, 3.05) is 13.2 Å². The molecule has 0 unspecified atom stereocenters. The Morgan fingerprint density at radius 1 is 1.36 bits per heavy atom. The molecule has 0 heterocycles. The van der Waals surface area contributed by atoms with Crippen LogP contribution in [0.4, 0.5) is 13.2 Å². The molecule has 3 nitrogen and oxygen atoms in total. The third kappa shape index (κ3) is 4.27. The first-order valence-corrected chi connectivity index (χ1v) is 4.00. The van der Waals surface area contributed by atoms with Gasteiger partial charge in [0.25, 0.3) is 0 Å². The Hall–Kier alpha value is -1.04. The molecule has 0 fully saturated rings. The molecule has 0 aliphatic carbocycles. The van der Waals surface area contributed by atoms with Gasteiger partial charge in [-0.15, -0.1) is 0 Å². The van der Waals surface area contributed by atoms with E-state index in [2.05, 4.69) is 9.47 Å². The highest BCUT2D eigenvalue weighted by Crippen LogP contribution is 2.26. The van der Waals surface area contributed by atoms with E-state index in [0.717, 1.165) is 0 Å². The molecular formula is C8H11F3O3. The molecule has 0 aliphatic rings. The number of ether oxygens (including phenoxy) is 2. The monoisotopic (exact) mass is 212 g/mol. The highest BCUT2D eigenvalue weighted by atomic mass is 19.3. The molecule has 0 bridgehead atoms. The van der Waals surface area contributed by atoms with Crippen LogP contribution < -0.4 is 0 Å². The van der Waals surface area contributed by atoms with Crippen LogP contribution in [0.5, 0.6) is 0 Å². The molecule has 0 radical (unpaired) electrons. The summed E-state index contributed by atoms with van der Waals surface area (Å²) in [5, 5.41) is 0. The molecule has 0 N–H and O–H groups in total. The SMILES string of the molecule is CCOC(=O)C=C(F)C(F)(F)OCC. The molecule has 6 heteroatoms. The van der Waals surface area contributed by atoms with E-state index < -0.39 is 17.9 Å². The molecule has 14 heavy (non-hydrogen) atoms. The highest BCUT2D eigenvalue weighted by molar-refractivity contribution is 5.82. The van der Waals surface area contributed by atoms with Gasteiger partial charge in [0.15, 0.2) is 0 Å². The lowest BCUT2D eigenvalue weighted by atomic mass is 10.4. The second-order valence-corrected chi connectivity index (χ2v) is 2.19. The van der Waals surface area contributed by atoms with Crippen molar-refractivity contribution in [3.05, 3.63) is 11.9 Å². The predicted octanol–water partition coefficient (Wildman–Crippen LogP) is 2.03. The maximum atomic E-state index is 12.6. The molecule has 0 spiro atoms. The molecule has 0 atom stereocenters. The van der Waals surface area contributed by atoms with Gasteiger partial charge in [0.05, 0.1) is 19.3 Å². The van der Waals surface area contributed by atoms with Gasteiger partial charge in [-0.1, -0.05) is 0 Å². The van der Waals surface area contributed by atoms with Crippen molar-refractivity contribution >= 4 is 5.97 Å². The van der Waals surface area contributed by atoms with Crippen molar-refractivity contribution in [1.82, 2.24) is 0 Å². The molecule has 0 saturated heterocycles. The van der Waals surface area contributed by atoms with Gasteiger partial charge in [-0.3, -0.25) is 0 Å². The predicted molar refractivity (Wildman–Crippen MR) is 42.4 cm³/mol. The summed E-state index contributed by atoms with van der Waals surface area (Å²) in [6.45, 7) is 2.38. The summed E-state index contributed by atoms with van der Waals surface area (Å²) in [7, 11) is 0. The Balaban J connectivity index is 4.42. The van der Waals surface area contributed by atoms with E-state index in [1.54, 1.807) is 0 Å². The van der Waals surface area contributed by atoms with Crippen molar-refractivity contribution in [1.29, 1.82) is 0 Å². The third-order valence-corrected chi connectivity index (χ3v) is 1.13. The molecule has 0 aromatic carbocycles. The van der Waals surface area contributed by atoms with Crippen LogP contribution in [-0.4, -0.2) is 25.3 Å². The summed E-state index contributed by atoms with van der Waals surface area (Å²) in [6.07, 6.45) is -4.00. The van der Waals surface area contributed by atoms with Crippen LogP contribution in [0.1, 0.15) is 13.8 Å². The minimum atomic E-state index is -4.07. The maximum Gasteiger partial charge on any atom is 0.409 e. The van der Waals surface area contributed by atoms with Crippen LogP contribution in [0.25, 0.3) is 0 Å².